The van der Waals surface area contributed by atoms with E-state index in [-0.39, 0.29) is 5.57 Å². The van der Waals surface area contributed by atoms with Crippen molar-refractivity contribution in [2.75, 3.05) is 23.3 Å². The van der Waals surface area contributed by atoms with E-state index >= 15 is 0 Å². The lowest BCUT2D eigenvalue weighted by Crippen LogP contribution is -2.20. The second-order valence-electron chi connectivity index (χ2n) is 5.34. The minimum Gasteiger partial charge on any atom is -0.441 e. The Hall–Kier alpha value is -3.00. The minimum atomic E-state index is -0.456. The first kappa shape index (κ1) is 17.4. The van der Waals surface area contributed by atoms with Gasteiger partial charge in [0.15, 0.2) is 5.88 Å². The van der Waals surface area contributed by atoms with E-state index < -0.39 is 5.91 Å². The molecule has 1 heterocycles. The molecule has 0 saturated heterocycles. The summed E-state index contributed by atoms with van der Waals surface area (Å²) in [6.45, 7) is 7.70. The summed E-state index contributed by atoms with van der Waals surface area (Å²) in [6, 6.07) is 12.9. The summed E-state index contributed by atoms with van der Waals surface area (Å²) in [5.41, 5.74) is 1.75. The van der Waals surface area contributed by atoms with Gasteiger partial charge in [0, 0.05) is 30.9 Å². The SMILES string of the molecule is CCN(CC)c1ccc(/C=C(/C#N)C(=O)Nc2ccc(C)cc2)o1. The number of aryl methyl sites for hydroxylation is 1. The molecule has 0 aliphatic rings. The number of hydrogen-bond acceptors (Lipinski definition) is 4. The van der Waals surface area contributed by atoms with Crippen LogP contribution in [0.1, 0.15) is 25.2 Å². The molecule has 0 aliphatic heterocycles. The van der Waals surface area contributed by atoms with E-state index in [0.717, 1.165) is 24.5 Å². The summed E-state index contributed by atoms with van der Waals surface area (Å²) >= 11 is 0. The van der Waals surface area contributed by atoms with Gasteiger partial charge in [-0.05, 0) is 39.0 Å². The quantitative estimate of drug-likeness (QED) is 0.645. The van der Waals surface area contributed by atoms with Crippen LogP contribution >= 0.6 is 0 Å². The van der Waals surface area contributed by atoms with Gasteiger partial charge in [0.05, 0.1) is 0 Å². The molecule has 0 atom stereocenters. The van der Waals surface area contributed by atoms with Crippen LogP contribution in [-0.4, -0.2) is 19.0 Å². The van der Waals surface area contributed by atoms with Crippen LogP contribution in [0.5, 0.6) is 0 Å². The van der Waals surface area contributed by atoms with E-state index in [1.165, 1.54) is 6.08 Å². The third kappa shape index (κ3) is 4.26. The van der Waals surface area contributed by atoms with Gasteiger partial charge in [0.25, 0.3) is 5.91 Å². The highest BCUT2D eigenvalue weighted by Crippen LogP contribution is 2.20. The van der Waals surface area contributed by atoms with Crippen LogP contribution in [0, 0.1) is 18.3 Å². The number of carbonyl (C=O) groups excluding carboxylic acids is 1. The number of furan rings is 1. The van der Waals surface area contributed by atoms with Crippen LogP contribution < -0.4 is 10.2 Å². The maximum Gasteiger partial charge on any atom is 0.266 e. The molecule has 0 unspecified atom stereocenters. The highest BCUT2D eigenvalue weighted by atomic mass is 16.4. The van der Waals surface area contributed by atoms with E-state index in [0.29, 0.717) is 11.4 Å². The number of hydrogen-bond donors (Lipinski definition) is 1. The van der Waals surface area contributed by atoms with Crippen molar-refractivity contribution in [3.63, 3.8) is 0 Å². The van der Waals surface area contributed by atoms with Crippen LogP contribution in [0.25, 0.3) is 6.08 Å². The number of nitrogens with one attached hydrogen (secondary N) is 1. The number of nitrogens with zero attached hydrogens (tertiary/aromatic N) is 2. The van der Waals surface area contributed by atoms with Crippen molar-refractivity contribution in [2.45, 2.75) is 20.8 Å². The van der Waals surface area contributed by atoms with Crippen molar-refractivity contribution in [2.24, 2.45) is 0 Å². The molecule has 1 amide bonds. The molecule has 124 valence electrons. The van der Waals surface area contributed by atoms with E-state index in [4.69, 9.17) is 4.42 Å². The topological polar surface area (TPSA) is 69.3 Å². The Kier molecular flexibility index (Phi) is 5.80. The average Bonchev–Trinajstić information content (AvgIpc) is 3.04. The minimum absolute atomic E-state index is 0.00368. The molecule has 5 heteroatoms. The summed E-state index contributed by atoms with van der Waals surface area (Å²) in [7, 11) is 0. The third-order valence-electron chi connectivity index (χ3n) is 3.65. The lowest BCUT2D eigenvalue weighted by molar-refractivity contribution is -0.112. The van der Waals surface area contributed by atoms with E-state index in [1.54, 1.807) is 18.2 Å². The first-order valence-electron chi connectivity index (χ1n) is 7.92. The van der Waals surface area contributed by atoms with Gasteiger partial charge in [-0.1, -0.05) is 17.7 Å². The highest BCUT2D eigenvalue weighted by Gasteiger charge is 2.12. The number of carbonyl (C=O) groups is 1. The van der Waals surface area contributed by atoms with Gasteiger partial charge < -0.3 is 14.6 Å². The molecule has 0 aliphatic carbocycles. The lowest BCUT2D eigenvalue weighted by Gasteiger charge is -2.16. The van der Waals surface area contributed by atoms with Gasteiger partial charge in [-0.15, -0.1) is 0 Å². The molecular weight excluding hydrogens is 302 g/mol. The lowest BCUT2D eigenvalue weighted by atomic mass is 10.2. The number of nitriles is 1. The Labute approximate surface area is 142 Å². The highest BCUT2D eigenvalue weighted by molar-refractivity contribution is 6.09. The van der Waals surface area contributed by atoms with Gasteiger partial charge in [-0.3, -0.25) is 4.79 Å². The molecule has 0 spiro atoms. The van der Waals surface area contributed by atoms with Crippen LogP contribution in [-0.2, 0) is 4.79 Å². The molecule has 5 nitrogen and oxygen atoms in total. The molecule has 0 saturated carbocycles. The van der Waals surface area contributed by atoms with Gasteiger partial charge in [-0.25, -0.2) is 0 Å². The molecule has 0 fully saturated rings. The van der Waals surface area contributed by atoms with Crippen LogP contribution in [0.15, 0.2) is 46.4 Å². The maximum atomic E-state index is 12.2. The second-order valence-corrected chi connectivity index (χ2v) is 5.34. The maximum absolute atomic E-state index is 12.2. The fourth-order valence-electron chi connectivity index (χ4n) is 2.25. The van der Waals surface area contributed by atoms with Gasteiger partial charge >= 0.3 is 0 Å². The Morgan fingerprint density at radius 2 is 1.88 bits per heavy atom. The standard InChI is InChI=1S/C19H21N3O2/c1-4-22(5-2)18-11-10-17(24-18)12-15(13-20)19(23)21-16-8-6-14(3)7-9-16/h6-12H,4-5H2,1-3H3,(H,21,23)/b15-12-. The first-order valence-corrected chi connectivity index (χ1v) is 7.92. The molecule has 1 N–H and O–H groups in total. The molecule has 2 aromatic rings. The summed E-state index contributed by atoms with van der Waals surface area (Å²) in [4.78, 5) is 14.3. The summed E-state index contributed by atoms with van der Waals surface area (Å²) in [5, 5.41) is 12.0. The number of benzene rings is 1. The fourth-order valence-corrected chi connectivity index (χ4v) is 2.25. The third-order valence-corrected chi connectivity index (χ3v) is 3.65. The summed E-state index contributed by atoms with van der Waals surface area (Å²) in [5.74, 6) is 0.747. The number of rotatable bonds is 6. The number of anilines is 2. The molecule has 2 rings (SSSR count). The Morgan fingerprint density at radius 1 is 1.21 bits per heavy atom. The second kappa shape index (κ2) is 8.02. The summed E-state index contributed by atoms with van der Waals surface area (Å²) < 4.78 is 5.69. The largest absolute Gasteiger partial charge is 0.441 e. The predicted octanol–water partition coefficient (Wildman–Crippen LogP) is 3.98. The van der Waals surface area contributed by atoms with Crippen LogP contribution in [0.2, 0.25) is 0 Å². The van der Waals surface area contributed by atoms with E-state index in [1.807, 2.05) is 45.0 Å². The Bertz CT molecular complexity index is 763. The van der Waals surface area contributed by atoms with Gasteiger partial charge in [0.1, 0.15) is 17.4 Å². The van der Waals surface area contributed by atoms with E-state index in [2.05, 4.69) is 10.2 Å². The van der Waals surface area contributed by atoms with E-state index in [9.17, 15) is 10.1 Å². The Morgan fingerprint density at radius 3 is 2.46 bits per heavy atom. The first-order chi connectivity index (χ1) is 11.6. The van der Waals surface area contributed by atoms with Crippen molar-refractivity contribution in [1.29, 1.82) is 5.26 Å². The molecule has 0 radical (unpaired) electrons. The summed E-state index contributed by atoms with van der Waals surface area (Å²) in [6.07, 6.45) is 1.45. The van der Waals surface area contributed by atoms with Gasteiger partial charge in [-0.2, -0.15) is 5.26 Å². The van der Waals surface area contributed by atoms with Crippen molar-refractivity contribution in [3.05, 3.63) is 53.3 Å². The van der Waals surface area contributed by atoms with Crippen LogP contribution in [0.3, 0.4) is 0 Å². The zero-order chi connectivity index (χ0) is 17.5. The fraction of sp³-hybridized carbons (Fsp3) is 0.263. The van der Waals surface area contributed by atoms with Crippen molar-refractivity contribution >= 4 is 23.6 Å². The molecule has 1 aromatic carbocycles. The zero-order valence-electron chi connectivity index (χ0n) is 14.2. The molecule has 24 heavy (non-hydrogen) atoms. The van der Waals surface area contributed by atoms with Crippen molar-refractivity contribution in [1.82, 2.24) is 0 Å². The number of amides is 1. The van der Waals surface area contributed by atoms with Gasteiger partial charge in [0.2, 0.25) is 0 Å². The molecular formula is C19H21N3O2. The smallest absolute Gasteiger partial charge is 0.266 e. The monoisotopic (exact) mass is 323 g/mol. The molecule has 1 aromatic heterocycles. The van der Waals surface area contributed by atoms with Crippen molar-refractivity contribution < 1.29 is 9.21 Å². The zero-order valence-corrected chi connectivity index (χ0v) is 14.2. The van der Waals surface area contributed by atoms with Crippen molar-refractivity contribution in [3.8, 4) is 6.07 Å². The Balaban J connectivity index is 2.15. The predicted molar refractivity (Wildman–Crippen MR) is 95.7 cm³/mol. The molecule has 0 bridgehead atoms. The normalized spacial score (nSPS) is 11.0. The average molecular weight is 323 g/mol. The van der Waals surface area contributed by atoms with Crippen LogP contribution in [0.4, 0.5) is 11.6 Å².